The van der Waals surface area contributed by atoms with Crippen LogP contribution in [0.25, 0.3) is 10.9 Å². The molecule has 1 saturated carbocycles. The van der Waals surface area contributed by atoms with Crippen LogP contribution in [0.15, 0.2) is 90.2 Å². The highest BCUT2D eigenvalue weighted by atomic mass is 32.2. The molecule has 1 aliphatic carbocycles. The van der Waals surface area contributed by atoms with Crippen LogP contribution < -0.4 is 0 Å². The Morgan fingerprint density at radius 2 is 1.65 bits per heavy atom. The molecule has 0 amide bonds. The van der Waals surface area contributed by atoms with E-state index in [2.05, 4.69) is 27.9 Å². The summed E-state index contributed by atoms with van der Waals surface area (Å²) in [6.07, 6.45) is 12.1. The molecule has 2 aromatic heterocycles. The minimum Gasteiger partial charge on any atom is -0.302 e. The first kappa shape index (κ1) is 25.6. The lowest BCUT2D eigenvalue weighted by Crippen LogP contribution is -2.39. The maximum Gasteiger partial charge on any atom is 0.268 e. The largest absolute Gasteiger partial charge is 0.302 e. The quantitative estimate of drug-likeness (QED) is 0.277. The third-order valence-corrected chi connectivity index (χ3v) is 9.24. The van der Waals surface area contributed by atoms with E-state index in [9.17, 15) is 8.42 Å². The first-order valence-electron chi connectivity index (χ1n) is 13.2. The summed E-state index contributed by atoms with van der Waals surface area (Å²) in [5, 5.41) is 0.971. The molecule has 2 heterocycles. The van der Waals surface area contributed by atoms with Gasteiger partial charge in [0.15, 0.2) is 0 Å². The van der Waals surface area contributed by atoms with Crippen molar-refractivity contribution in [3.8, 4) is 0 Å². The second kappa shape index (κ2) is 11.6. The lowest BCUT2D eigenvalue weighted by atomic mass is 9.94. The summed E-state index contributed by atoms with van der Waals surface area (Å²) in [4.78, 5) is 9.53. The Morgan fingerprint density at radius 3 is 2.41 bits per heavy atom. The monoisotopic (exact) mass is 516 g/mol. The Balaban J connectivity index is 1.43. The third-order valence-electron chi connectivity index (χ3n) is 7.55. The van der Waals surface area contributed by atoms with E-state index in [1.54, 1.807) is 30.5 Å². The first-order valence-corrected chi connectivity index (χ1v) is 14.7. The fourth-order valence-corrected chi connectivity index (χ4v) is 6.87. The number of rotatable bonds is 10. The molecule has 0 radical (unpaired) electrons. The van der Waals surface area contributed by atoms with Crippen LogP contribution in [-0.4, -0.2) is 53.4 Å². The third kappa shape index (κ3) is 5.95. The van der Waals surface area contributed by atoms with Crippen molar-refractivity contribution in [2.45, 2.75) is 56.1 Å². The number of fused-ring (bicyclic) bond motifs is 1. The number of hydrogen-bond acceptors (Lipinski definition) is 5. The molecule has 0 bridgehead atoms. The number of nitrogens with zero attached hydrogens (tertiary/aromatic N) is 4. The van der Waals surface area contributed by atoms with Crippen molar-refractivity contribution in [2.24, 2.45) is 0 Å². The van der Waals surface area contributed by atoms with Crippen LogP contribution >= 0.6 is 0 Å². The van der Waals surface area contributed by atoms with E-state index in [0.29, 0.717) is 23.0 Å². The number of pyridine rings is 1. The van der Waals surface area contributed by atoms with Crippen molar-refractivity contribution in [1.29, 1.82) is 0 Å². The van der Waals surface area contributed by atoms with Gasteiger partial charge in [-0.3, -0.25) is 9.88 Å². The zero-order chi connectivity index (χ0) is 25.7. The zero-order valence-electron chi connectivity index (χ0n) is 21.5. The fraction of sp³-hybridized carbons (Fsp3) is 0.367. The highest BCUT2D eigenvalue weighted by molar-refractivity contribution is 7.90. The fourth-order valence-electron chi connectivity index (χ4n) is 5.46. The van der Waals surface area contributed by atoms with Gasteiger partial charge >= 0.3 is 0 Å². The second-order valence-corrected chi connectivity index (χ2v) is 11.9. The van der Waals surface area contributed by atoms with Gasteiger partial charge in [0.25, 0.3) is 10.0 Å². The van der Waals surface area contributed by atoms with E-state index in [1.165, 1.54) is 36.1 Å². The van der Waals surface area contributed by atoms with Crippen LogP contribution in [0.5, 0.6) is 0 Å². The minimum atomic E-state index is -3.70. The molecule has 0 atom stereocenters. The molecular weight excluding hydrogens is 480 g/mol. The summed E-state index contributed by atoms with van der Waals surface area (Å²) in [6, 6.07) is 21.2. The molecule has 0 saturated heterocycles. The average Bonchev–Trinajstić information content (AvgIpc) is 3.32. The van der Waals surface area contributed by atoms with Crippen molar-refractivity contribution < 1.29 is 8.42 Å². The number of likely N-dealkylation sites (N-methyl/N-ethyl adjacent to an activating group) is 1. The normalized spacial score (nSPS) is 15.1. The zero-order valence-corrected chi connectivity index (χ0v) is 22.4. The maximum absolute atomic E-state index is 13.6. The summed E-state index contributed by atoms with van der Waals surface area (Å²) in [5.74, 6) is 0. The summed E-state index contributed by atoms with van der Waals surface area (Å²) < 4.78 is 28.6. The summed E-state index contributed by atoms with van der Waals surface area (Å²) >= 11 is 0. The van der Waals surface area contributed by atoms with Gasteiger partial charge in [-0.15, -0.1) is 0 Å². The average molecular weight is 517 g/mol. The van der Waals surface area contributed by atoms with Crippen LogP contribution in [0.4, 0.5) is 0 Å². The number of para-hydroxylation sites is 1. The van der Waals surface area contributed by atoms with Gasteiger partial charge in [0.1, 0.15) is 0 Å². The number of hydrogen-bond donors (Lipinski definition) is 0. The van der Waals surface area contributed by atoms with Gasteiger partial charge in [0.2, 0.25) is 0 Å². The van der Waals surface area contributed by atoms with Crippen molar-refractivity contribution in [3.63, 3.8) is 0 Å². The van der Waals surface area contributed by atoms with E-state index in [0.717, 1.165) is 36.1 Å². The minimum absolute atomic E-state index is 0.295. The Morgan fingerprint density at radius 1 is 0.892 bits per heavy atom. The molecule has 7 heteroatoms. The standard InChI is InChI=1S/C30H36N4O2S/c1-32(27-12-4-2-5-13-27)19-20-33(22-25-11-10-18-31-21-25)23-26-24-34(30-17-9-8-16-29(26)30)37(35,36)28-14-6-3-7-15-28/h3,6-11,14-18,21,24,27H,2,4-5,12-13,19-20,22-23H2,1H3. The molecule has 1 fully saturated rings. The lowest BCUT2D eigenvalue weighted by Gasteiger charge is -2.33. The second-order valence-electron chi connectivity index (χ2n) is 10.1. The molecule has 1 aliphatic rings. The molecule has 0 unspecified atom stereocenters. The number of benzene rings is 2. The van der Waals surface area contributed by atoms with Gasteiger partial charge < -0.3 is 4.90 Å². The maximum atomic E-state index is 13.6. The van der Waals surface area contributed by atoms with E-state index in [-0.39, 0.29) is 0 Å². The molecule has 4 aromatic rings. The molecule has 5 rings (SSSR count). The molecule has 6 nitrogen and oxygen atoms in total. The highest BCUT2D eigenvalue weighted by Gasteiger charge is 2.23. The summed E-state index contributed by atoms with van der Waals surface area (Å²) in [6.45, 7) is 3.29. The molecule has 194 valence electrons. The topological polar surface area (TPSA) is 58.4 Å². The first-order chi connectivity index (χ1) is 18.0. The summed E-state index contributed by atoms with van der Waals surface area (Å²) in [5.41, 5.74) is 2.88. The van der Waals surface area contributed by atoms with Crippen molar-refractivity contribution in [1.82, 2.24) is 18.8 Å². The highest BCUT2D eigenvalue weighted by Crippen LogP contribution is 2.28. The van der Waals surface area contributed by atoms with Gasteiger partial charge in [0, 0.05) is 56.2 Å². The predicted octanol–water partition coefficient (Wildman–Crippen LogP) is 5.54. The van der Waals surface area contributed by atoms with Crippen LogP contribution in [0.1, 0.15) is 43.2 Å². The summed E-state index contributed by atoms with van der Waals surface area (Å²) in [7, 11) is -1.45. The predicted molar refractivity (Wildman–Crippen MR) is 149 cm³/mol. The van der Waals surface area contributed by atoms with E-state index in [4.69, 9.17) is 0 Å². The smallest absolute Gasteiger partial charge is 0.268 e. The van der Waals surface area contributed by atoms with Crippen LogP contribution in [0.3, 0.4) is 0 Å². The number of aromatic nitrogens is 2. The van der Waals surface area contributed by atoms with E-state index in [1.807, 2.05) is 48.8 Å². The van der Waals surface area contributed by atoms with Gasteiger partial charge in [-0.05, 0) is 55.3 Å². The Labute approximate surface area is 220 Å². The van der Waals surface area contributed by atoms with Gasteiger partial charge in [-0.25, -0.2) is 12.4 Å². The Kier molecular flexibility index (Phi) is 8.03. The van der Waals surface area contributed by atoms with Crippen molar-refractivity contribution >= 4 is 20.9 Å². The molecule has 0 N–H and O–H groups in total. The van der Waals surface area contributed by atoms with Crippen LogP contribution in [-0.2, 0) is 23.1 Å². The van der Waals surface area contributed by atoms with Gasteiger partial charge in [-0.2, -0.15) is 0 Å². The molecule has 37 heavy (non-hydrogen) atoms. The molecule has 0 aliphatic heterocycles. The van der Waals surface area contributed by atoms with Crippen LogP contribution in [0, 0.1) is 0 Å². The van der Waals surface area contributed by atoms with E-state index >= 15 is 0 Å². The van der Waals surface area contributed by atoms with Crippen LogP contribution in [0.2, 0.25) is 0 Å². The SMILES string of the molecule is CN(CCN(Cc1cccnc1)Cc1cn(S(=O)(=O)c2ccccc2)c2ccccc12)C1CCCCC1. The lowest BCUT2D eigenvalue weighted by molar-refractivity contribution is 0.154. The van der Waals surface area contributed by atoms with Gasteiger partial charge in [-0.1, -0.05) is 61.7 Å². The van der Waals surface area contributed by atoms with Crippen molar-refractivity contribution in [3.05, 3.63) is 96.4 Å². The Bertz CT molecular complexity index is 1400. The molecule has 0 spiro atoms. The van der Waals surface area contributed by atoms with Crippen molar-refractivity contribution in [2.75, 3.05) is 20.1 Å². The molecule has 2 aromatic carbocycles. The van der Waals surface area contributed by atoms with Gasteiger partial charge in [0.05, 0.1) is 10.4 Å². The Hall–Kier alpha value is -3.00. The molecular formula is C30H36N4O2S. The van der Waals surface area contributed by atoms with E-state index < -0.39 is 10.0 Å².